The Hall–Kier alpha value is -2.00. The van der Waals surface area contributed by atoms with E-state index in [0.717, 1.165) is 17.2 Å². The molecular weight excluding hydrogens is 299 g/mol. The van der Waals surface area contributed by atoms with Crippen molar-refractivity contribution in [1.29, 1.82) is 0 Å². The lowest BCUT2D eigenvalue weighted by molar-refractivity contribution is -0.344. The van der Waals surface area contributed by atoms with E-state index in [9.17, 15) is 18.0 Å². The van der Waals surface area contributed by atoms with Crippen LogP contribution in [-0.2, 0) is 10.1 Å². The minimum atomic E-state index is -6.09. The number of pyridine rings is 1. The van der Waals surface area contributed by atoms with Crippen LogP contribution in [0.15, 0.2) is 36.5 Å². The molecule has 2 aromatic rings. The Morgan fingerprint density at radius 3 is 2.30 bits per heavy atom. The van der Waals surface area contributed by atoms with E-state index in [2.05, 4.69) is 4.98 Å². The molecule has 2 rings (SSSR count). The number of carbonyl (C=O) groups excluding carboxylic acids is 1. The molecule has 1 N–H and O–H groups in total. The third-order valence-electron chi connectivity index (χ3n) is 2.11. The Kier molecular flexibility index (Phi) is 4.79. The van der Waals surface area contributed by atoms with Crippen LogP contribution >= 0.6 is 0 Å². The van der Waals surface area contributed by atoms with Gasteiger partial charge < -0.3 is 4.55 Å². The maximum absolute atomic E-state index is 10.7. The Morgan fingerprint density at radius 1 is 1.20 bits per heavy atom. The standard InChI is InChI=1S/C10H7NO.CHF3O3S/c12-7-8-3-4-10-9(6-8)2-1-5-11-10;2-1(3,4)8(5,6)7/h1-7H;(H,5,6,7). The quantitative estimate of drug-likeness (QED) is 0.454. The van der Waals surface area contributed by atoms with Gasteiger partial charge in [0.1, 0.15) is 6.29 Å². The van der Waals surface area contributed by atoms with Crippen LogP contribution in [0.5, 0.6) is 0 Å². The molecule has 108 valence electrons. The van der Waals surface area contributed by atoms with Crippen molar-refractivity contribution in [3.8, 4) is 0 Å². The molecule has 0 aliphatic rings. The number of rotatable bonds is 1. The second kappa shape index (κ2) is 5.97. The molecule has 5 nitrogen and oxygen atoms in total. The van der Waals surface area contributed by atoms with E-state index < -0.39 is 15.6 Å². The van der Waals surface area contributed by atoms with E-state index in [0.29, 0.717) is 5.56 Å². The highest BCUT2D eigenvalue weighted by molar-refractivity contribution is 7.86. The van der Waals surface area contributed by atoms with Crippen LogP contribution in [0.4, 0.5) is 13.2 Å². The third kappa shape index (κ3) is 4.28. The van der Waals surface area contributed by atoms with Gasteiger partial charge in [-0.25, -0.2) is 13.4 Å². The highest BCUT2D eigenvalue weighted by Crippen LogP contribution is 2.20. The molecule has 0 saturated heterocycles. The van der Waals surface area contributed by atoms with Gasteiger partial charge in [-0.3, -0.25) is 4.79 Å². The maximum atomic E-state index is 10.7. The number of hydrogen-bond acceptors (Lipinski definition) is 4. The van der Waals surface area contributed by atoms with Crippen molar-refractivity contribution < 1.29 is 35.9 Å². The van der Waals surface area contributed by atoms with Gasteiger partial charge in [-0.1, -0.05) is 0 Å². The molecule has 0 saturated carbocycles. The van der Waals surface area contributed by atoms with Crippen molar-refractivity contribution in [1.82, 2.24) is 0 Å². The van der Waals surface area contributed by atoms with Gasteiger partial charge in [0.15, 0.2) is 16.3 Å². The Bertz CT molecular complexity index is 713. The van der Waals surface area contributed by atoms with Crippen LogP contribution in [-0.4, -0.2) is 24.8 Å². The molecule has 1 heterocycles. The van der Waals surface area contributed by atoms with E-state index in [1.165, 1.54) is 0 Å². The number of nitrogens with one attached hydrogen (secondary N) is 1. The van der Waals surface area contributed by atoms with E-state index in [4.69, 9.17) is 13.0 Å². The van der Waals surface area contributed by atoms with Crippen molar-refractivity contribution in [3.05, 3.63) is 42.1 Å². The first-order valence-corrected chi connectivity index (χ1v) is 6.44. The lowest BCUT2D eigenvalue weighted by Gasteiger charge is -2.08. The second-order valence-electron chi connectivity index (χ2n) is 3.53. The number of alkyl halides is 3. The van der Waals surface area contributed by atoms with Gasteiger partial charge >= 0.3 is 5.51 Å². The molecule has 0 aliphatic heterocycles. The molecule has 0 atom stereocenters. The zero-order valence-corrected chi connectivity index (χ0v) is 10.5. The van der Waals surface area contributed by atoms with Crippen molar-refractivity contribution in [2.75, 3.05) is 0 Å². The predicted octanol–water partition coefficient (Wildman–Crippen LogP) is 1.52. The first-order valence-electron chi connectivity index (χ1n) is 5.03. The fourth-order valence-corrected chi connectivity index (χ4v) is 1.21. The van der Waals surface area contributed by atoms with Crippen LogP contribution in [0.25, 0.3) is 10.9 Å². The zero-order chi connectivity index (χ0) is 15.4. The highest BCUT2D eigenvalue weighted by Gasteiger charge is 2.36. The number of aromatic amines is 1. The zero-order valence-electron chi connectivity index (χ0n) is 9.72. The number of H-pyrrole nitrogens is 1. The molecular formula is C11H8F3NO4S. The SMILES string of the molecule is O=Cc1ccc2[nH+]cccc2c1.O=S(=O)([O-])C(F)(F)F. The second-order valence-corrected chi connectivity index (χ2v) is 4.91. The number of halogens is 3. The van der Waals surface area contributed by atoms with Crippen LogP contribution in [0.3, 0.4) is 0 Å². The molecule has 0 unspecified atom stereocenters. The van der Waals surface area contributed by atoms with E-state index in [1.54, 1.807) is 6.07 Å². The third-order valence-corrected chi connectivity index (χ3v) is 2.67. The smallest absolute Gasteiger partial charge is 0.485 e. The average Bonchev–Trinajstić information content (AvgIpc) is 2.36. The minimum Gasteiger partial charge on any atom is -0.741 e. The van der Waals surface area contributed by atoms with E-state index >= 15 is 0 Å². The number of aromatic nitrogens is 1. The summed E-state index contributed by atoms with van der Waals surface area (Å²) in [5, 5.41) is 1.06. The van der Waals surface area contributed by atoms with Gasteiger partial charge in [0.05, 0.1) is 0 Å². The molecule has 0 fully saturated rings. The summed E-state index contributed by atoms with van der Waals surface area (Å²) in [6.07, 6.45) is 2.72. The Balaban J connectivity index is 0.000000221. The first kappa shape index (κ1) is 16.1. The topological polar surface area (TPSA) is 88.4 Å². The molecule has 9 heteroatoms. The summed E-state index contributed by atoms with van der Waals surface area (Å²) in [7, 11) is -6.09. The normalized spacial score (nSPS) is 11.6. The predicted molar refractivity (Wildman–Crippen MR) is 61.6 cm³/mol. The lowest BCUT2D eigenvalue weighted by Crippen LogP contribution is -2.21. The molecule has 0 amide bonds. The van der Waals surface area contributed by atoms with Gasteiger partial charge in [-0.2, -0.15) is 13.2 Å². The summed E-state index contributed by atoms with van der Waals surface area (Å²) in [6, 6.07) is 9.44. The van der Waals surface area contributed by atoms with Gasteiger partial charge in [-0.15, -0.1) is 0 Å². The monoisotopic (exact) mass is 307 g/mol. The van der Waals surface area contributed by atoms with Crippen LogP contribution in [0, 0.1) is 0 Å². The Morgan fingerprint density at radius 2 is 1.80 bits per heavy atom. The van der Waals surface area contributed by atoms with Crippen molar-refractivity contribution >= 4 is 27.3 Å². The Labute approximate surface area is 111 Å². The van der Waals surface area contributed by atoms with Crippen LogP contribution in [0.1, 0.15) is 10.4 Å². The molecule has 1 aromatic carbocycles. The summed E-state index contributed by atoms with van der Waals surface area (Å²) in [4.78, 5) is 13.5. The lowest BCUT2D eigenvalue weighted by atomic mass is 10.1. The number of fused-ring (bicyclic) bond motifs is 1. The fraction of sp³-hybridized carbons (Fsp3) is 0.0909. The summed E-state index contributed by atoms with van der Waals surface area (Å²) in [5.41, 5.74) is -3.89. The highest BCUT2D eigenvalue weighted by atomic mass is 32.2. The number of benzene rings is 1. The van der Waals surface area contributed by atoms with Gasteiger partial charge in [0, 0.05) is 23.1 Å². The molecule has 0 radical (unpaired) electrons. The van der Waals surface area contributed by atoms with E-state index in [1.807, 2.05) is 30.5 Å². The fourth-order valence-electron chi connectivity index (χ4n) is 1.21. The van der Waals surface area contributed by atoms with Crippen molar-refractivity contribution in [3.63, 3.8) is 0 Å². The summed E-state index contributed by atoms with van der Waals surface area (Å²) in [5.74, 6) is 0. The van der Waals surface area contributed by atoms with E-state index in [-0.39, 0.29) is 0 Å². The van der Waals surface area contributed by atoms with Gasteiger partial charge in [-0.05, 0) is 18.2 Å². The van der Waals surface area contributed by atoms with Crippen LogP contribution < -0.4 is 4.98 Å². The molecule has 0 bridgehead atoms. The van der Waals surface area contributed by atoms with Crippen LogP contribution in [0.2, 0.25) is 0 Å². The molecule has 0 aliphatic carbocycles. The van der Waals surface area contributed by atoms with Crippen molar-refractivity contribution in [2.45, 2.75) is 5.51 Å². The maximum Gasteiger partial charge on any atom is 0.485 e. The molecule has 20 heavy (non-hydrogen) atoms. The number of carbonyl (C=O) groups is 1. The van der Waals surface area contributed by atoms with Gasteiger partial charge in [0.25, 0.3) is 0 Å². The van der Waals surface area contributed by atoms with Gasteiger partial charge in [0.2, 0.25) is 5.52 Å². The first-order chi connectivity index (χ1) is 9.15. The number of aldehydes is 1. The summed E-state index contributed by atoms with van der Waals surface area (Å²) >= 11 is 0. The molecule has 0 spiro atoms. The summed E-state index contributed by atoms with van der Waals surface area (Å²) < 4.78 is 58.9. The minimum absolute atomic E-state index is 0.710. The number of hydrogen-bond donors (Lipinski definition) is 0. The molecule has 1 aromatic heterocycles. The summed E-state index contributed by atoms with van der Waals surface area (Å²) in [6.45, 7) is 0. The average molecular weight is 307 g/mol. The van der Waals surface area contributed by atoms with Crippen molar-refractivity contribution in [2.24, 2.45) is 0 Å². The largest absolute Gasteiger partial charge is 0.741 e.